The SMILES string of the molecule is Cc1cn(C2CCC(C)CC2C)c(NC2CCCC2)n1. The normalized spacial score (nSPS) is 31.6. The second kappa shape index (κ2) is 5.79. The zero-order valence-corrected chi connectivity index (χ0v) is 13.2. The summed E-state index contributed by atoms with van der Waals surface area (Å²) < 4.78 is 2.45. The van der Waals surface area contributed by atoms with Crippen molar-refractivity contribution in [2.45, 2.75) is 77.8 Å². The van der Waals surface area contributed by atoms with Crippen LogP contribution in [0.15, 0.2) is 6.20 Å². The van der Waals surface area contributed by atoms with Gasteiger partial charge >= 0.3 is 0 Å². The van der Waals surface area contributed by atoms with Gasteiger partial charge in [0, 0.05) is 18.3 Å². The Labute approximate surface area is 123 Å². The lowest BCUT2D eigenvalue weighted by Gasteiger charge is -2.34. The lowest BCUT2D eigenvalue weighted by atomic mass is 9.80. The number of aryl methyl sites for hydroxylation is 1. The molecule has 2 saturated carbocycles. The number of anilines is 1. The smallest absolute Gasteiger partial charge is 0.203 e. The van der Waals surface area contributed by atoms with Crippen molar-refractivity contribution < 1.29 is 0 Å². The standard InChI is InChI=1S/C17H29N3/c1-12-8-9-16(13(2)10-12)20-11-14(3)18-17(20)19-15-6-4-5-7-15/h11-13,15-16H,4-10H2,1-3H3,(H,18,19). The number of hydrogen-bond acceptors (Lipinski definition) is 2. The van der Waals surface area contributed by atoms with E-state index in [1.165, 1.54) is 44.9 Å². The first-order valence-corrected chi connectivity index (χ1v) is 8.45. The maximum atomic E-state index is 4.75. The van der Waals surface area contributed by atoms with E-state index in [0.717, 1.165) is 23.5 Å². The molecule has 0 aliphatic heterocycles. The van der Waals surface area contributed by atoms with Crippen molar-refractivity contribution in [2.24, 2.45) is 11.8 Å². The fraction of sp³-hybridized carbons (Fsp3) is 0.824. The van der Waals surface area contributed by atoms with Crippen LogP contribution in [0, 0.1) is 18.8 Å². The minimum absolute atomic E-state index is 0.635. The van der Waals surface area contributed by atoms with E-state index < -0.39 is 0 Å². The first kappa shape index (κ1) is 14.0. The Morgan fingerprint density at radius 1 is 1.15 bits per heavy atom. The zero-order chi connectivity index (χ0) is 14.1. The first-order chi connectivity index (χ1) is 9.63. The number of imidazole rings is 1. The summed E-state index contributed by atoms with van der Waals surface area (Å²) in [5.41, 5.74) is 1.15. The van der Waals surface area contributed by atoms with Gasteiger partial charge in [0.2, 0.25) is 5.95 Å². The first-order valence-electron chi connectivity index (χ1n) is 8.45. The summed E-state index contributed by atoms with van der Waals surface area (Å²) in [6.45, 7) is 6.92. The molecule has 2 aliphatic rings. The molecule has 1 aromatic heterocycles. The maximum absolute atomic E-state index is 4.75. The highest BCUT2D eigenvalue weighted by molar-refractivity contribution is 5.31. The van der Waals surface area contributed by atoms with Crippen LogP contribution in [0.25, 0.3) is 0 Å². The lowest BCUT2D eigenvalue weighted by molar-refractivity contribution is 0.209. The third-order valence-electron chi connectivity index (χ3n) is 5.28. The van der Waals surface area contributed by atoms with Crippen molar-refractivity contribution in [1.82, 2.24) is 9.55 Å². The van der Waals surface area contributed by atoms with E-state index >= 15 is 0 Å². The molecule has 3 unspecified atom stereocenters. The molecule has 2 aliphatic carbocycles. The summed E-state index contributed by atoms with van der Waals surface area (Å²) >= 11 is 0. The quantitative estimate of drug-likeness (QED) is 0.877. The van der Waals surface area contributed by atoms with Gasteiger partial charge in [-0.2, -0.15) is 0 Å². The Bertz CT molecular complexity index is 445. The van der Waals surface area contributed by atoms with E-state index in [9.17, 15) is 0 Å². The molecule has 1 aromatic rings. The van der Waals surface area contributed by atoms with Crippen molar-refractivity contribution in [3.8, 4) is 0 Å². The molecule has 0 saturated heterocycles. The number of nitrogens with zero attached hydrogens (tertiary/aromatic N) is 2. The van der Waals surface area contributed by atoms with Crippen molar-refractivity contribution >= 4 is 5.95 Å². The average Bonchev–Trinajstić information content (AvgIpc) is 3.00. The Morgan fingerprint density at radius 2 is 1.90 bits per heavy atom. The van der Waals surface area contributed by atoms with Crippen molar-refractivity contribution in [1.29, 1.82) is 0 Å². The van der Waals surface area contributed by atoms with Gasteiger partial charge in [-0.3, -0.25) is 0 Å². The molecule has 0 radical (unpaired) electrons. The molecule has 3 atom stereocenters. The third-order valence-corrected chi connectivity index (χ3v) is 5.28. The van der Waals surface area contributed by atoms with Gasteiger partial charge in [0.25, 0.3) is 0 Å². The van der Waals surface area contributed by atoms with Crippen LogP contribution >= 0.6 is 0 Å². The average molecular weight is 275 g/mol. The van der Waals surface area contributed by atoms with E-state index in [1.54, 1.807) is 0 Å². The number of aromatic nitrogens is 2. The fourth-order valence-electron chi connectivity index (χ4n) is 4.19. The van der Waals surface area contributed by atoms with Crippen molar-refractivity contribution in [2.75, 3.05) is 5.32 Å². The monoisotopic (exact) mass is 275 g/mol. The molecule has 112 valence electrons. The molecule has 3 nitrogen and oxygen atoms in total. The highest BCUT2D eigenvalue weighted by atomic mass is 15.2. The minimum atomic E-state index is 0.635. The Morgan fingerprint density at radius 3 is 2.60 bits per heavy atom. The summed E-state index contributed by atoms with van der Waals surface area (Å²) in [5, 5.41) is 3.71. The molecule has 3 heteroatoms. The van der Waals surface area contributed by atoms with Crippen LogP contribution in [0.1, 0.15) is 70.5 Å². The van der Waals surface area contributed by atoms with Gasteiger partial charge in [-0.25, -0.2) is 4.98 Å². The summed E-state index contributed by atoms with van der Waals surface area (Å²) in [6, 6.07) is 1.28. The second-order valence-electron chi connectivity index (χ2n) is 7.20. The Kier molecular flexibility index (Phi) is 4.04. The molecule has 0 aromatic carbocycles. The molecule has 1 heterocycles. The third kappa shape index (κ3) is 2.87. The van der Waals surface area contributed by atoms with Crippen molar-refractivity contribution in [3.63, 3.8) is 0 Å². The van der Waals surface area contributed by atoms with Crippen LogP contribution in [0.4, 0.5) is 5.95 Å². The van der Waals surface area contributed by atoms with Gasteiger partial charge in [0.15, 0.2) is 0 Å². The van der Waals surface area contributed by atoms with E-state index in [4.69, 9.17) is 4.98 Å². The largest absolute Gasteiger partial charge is 0.353 e. The van der Waals surface area contributed by atoms with Crippen LogP contribution in [0.3, 0.4) is 0 Å². The summed E-state index contributed by atoms with van der Waals surface area (Å²) in [4.78, 5) is 4.75. The van der Waals surface area contributed by atoms with Gasteiger partial charge in [-0.15, -0.1) is 0 Å². The van der Waals surface area contributed by atoms with Gasteiger partial charge < -0.3 is 9.88 Å². The number of rotatable bonds is 3. The van der Waals surface area contributed by atoms with Gasteiger partial charge in [-0.1, -0.05) is 26.7 Å². The molecule has 2 fully saturated rings. The van der Waals surface area contributed by atoms with Crippen LogP contribution in [-0.4, -0.2) is 15.6 Å². The number of nitrogens with one attached hydrogen (secondary N) is 1. The highest BCUT2D eigenvalue weighted by Crippen LogP contribution is 2.38. The van der Waals surface area contributed by atoms with Gasteiger partial charge in [0.05, 0.1) is 5.69 Å². The van der Waals surface area contributed by atoms with Crippen LogP contribution in [0.5, 0.6) is 0 Å². The zero-order valence-electron chi connectivity index (χ0n) is 13.2. The number of hydrogen-bond donors (Lipinski definition) is 1. The van der Waals surface area contributed by atoms with E-state index in [1.807, 2.05) is 0 Å². The second-order valence-corrected chi connectivity index (χ2v) is 7.20. The van der Waals surface area contributed by atoms with Gasteiger partial charge in [-0.05, 0) is 50.9 Å². The Hall–Kier alpha value is -0.990. The molecule has 0 spiro atoms. The lowest BCUT2D eigenvalue weighted by Crippen LogP contribution is -2.27. The molecule has 0 amide bonds. The Balaban J connectivity index is 1.77. The molecular formula is C17H29N3. The van der Waals surface area contributed by atoms with E-state index in [2.05, 4.69) is 36.9 Å². The van der Waals surface area contributed by atoms with Crippen molar-refractivity contribution in [3.05, 3.63) is 11.9 Å². The van der Waals surface area contributed by atoms with Crippen LogP contribution in [-0.2, 0) is 0 Å². The summed E-state index contributed by atoms with van der Waals surface area (Å²) in [7, 11) is 0. The maximum Gasteiger partial charge on any atom is 0.203 e. The fourth-order valence-corrected chi connectivity index (χ4v) is 4.19. The summed E-state index contributed by atoms with van der Waals surface area (Å²) in [6.07, 6.45) is 11.6. The predicted molar refractivity (Wildman–Crippen MR) is 84.1 cm³/mol. The molecule has 1 N–H and O–H groups in total. The summed E-state index contributed by atoms with van der Waals surface area (Å²) in [5.74, 6) is 2.77. The predicted octanol–water partition coefficient (Wildman–Crippen LogP) is 4.54. The van der Waals surface area contributed by atoms with E-state index in [0.29, 0.717) is 12.1 Å². The molecular weight excluding hydrogens is 246 g/mol. The highest BCUT2D eigenvalue weighted by Gasteiger charge is 2.29. The topological polar surface area (TPSA) is 29.9 Å². The van der Waals surface area contributed by atoms with Crippen LogP contribution in [0.2, 0.25) is 0 Å². The molecule has 20 heavy (non-hydrogen) atoms. The molecule has 3 rings (SSSR count). The minimum Gasteiger partial charge on any atom is -0.353 e. The van der Waals surface area contributed by atoms with Gasteiger partial charge in [0.1, 0.15) is 0 Å². The van der Waals surface area contributed by atoms with E-state index in [-0.39, 0.29) is 0 Å². The van der Waals surface area contributed by atoms with Crippen LogP contribution < -0.4 is 5.32 Å². The molecule has 0 bridgehead atoms.